The predicted octanol–water partition coefficient (Wildman–Crippen LogP) is 1.15. The highest BCUT2D eigenvalue weighted by molar-refractivity contribution is 6.08. The van der Waals surface area contributed by atoms with Crippen molar-refractivity contribution in [1.29, 1.82) is 0 Å². The Kier molecular flexibility index (Phi) is 3.95. The van der Waals surface area contributed by atoms with E-state index in [2.05, 4.69) is 5.32 Å². The number of carbonyl (C=O) groups excluding carboxylic acids is 1. The Balaban J connectivity index is 2.44. The van der Waals surface area contributed by atoms with Crippen LogP contribution in [0, 0.1) is 5.82 Å². The minimum atomic E-state index is -1.47. The molecule has 0 fully saturated rings. The molecule has 0 spiro atoms. The van der Waals surface area contributed by atoms with Crippen LogP contribution in [-0.2, 0) is 4.79 Å². The number of hydrogen-bond donors (Lipinski definition) is 3. The topological polar surface area (TPSA) is 86.6 Å². The lowest BCUT2D eigenvalue weighted by Gasteiger charge is -2.13. The molecule has 0 aliphatic carbocycles. The second kappa shape index (κ2) is 5.66. The van der Waals surface area contributed by atoms with E-state index in [1.165, 1.54) is 6.07 Å². The lowest BCUT2D eigenvalue weighted by molar-refractivity contribution is -0.140. The zero-order valence-corrected chi connectivity index (χ0v) is 10.3. The normalized spacial score (nSPS) is 12.1. The average molecular weight is 277 g/mol. The molecule has 1 amide bonds. The van der Waals surface area contributed by atoms with Crippen molar-refractivity contribution < 1.29 is 24.2 Å². The van der Waals surface area contributed by atoms with Gasteiger partial charge in [0.05, 0.1) is 12.2 Å². The maximum absolute atomic E-state index is 13.9. The van der Waals surface area contributed by atoms with Gasteiger partial charge in [-0.2, -0.15) is 0 Å². The Hall–Kier alpha value is -2.47. The Labute approximate surface area is 113 Å². The molecule has 104 valence electrons. The fraction of sp³-hybridized carbons (Fsp3) is 0.143. The number of amides is 1. The van der Waals surface area contributed by atoms with Gasteiger partial charge in [-0.05, 0) is 16.8 Å². The van der Waals surface area contributed by atoms with E-state index < -0.39 is 30.3 Å². The van der Waals surface area contributed by atoms with E-state index in [9.17, 15) is 14.0 Å². The number of fused-ring (bicyclic) bond motifs is 1. The minimum Gasteiger partial charge on any atom is -0.480 e. The molecule has 0 radical (unpaired) electrons. The molecule has 0 aromatic heterocycles. The van der Waals surface area contributed by atoms with E-state index in [-0.39, 0.29) is 5.56 Å². The smallest absolute Gasteiger partial charge is 0.328 e. The first kappa shape index (κ1) is 14.0. The Morgan fingerprint density at radius 1 is 1.20 bits per heavy atom. The second-order valence-electron chi connectivity index (χ2n) is 4.19. The molecule has 2 aromatic carbocycles. The highest BCUT2D eigenvalue weighted by atomic mass is 19.1. The van der Waals surface area contributed by atoms with E-state index in [1.807, 2.05) is 0 Å². The third kappa shape index (κ3) is 2.60. The highest BCUT2D eigenvalue weighted by Gasteiger charge is 2.22. The molecule has 0 unspecified atom stereocenters. The number of aliphatic carboxylic acids is 1. The largest absolute Gasteiger partial charge is 0.480 e. The molecule has 0 saturated heterocycles. The Morgan fingerprint density at radius 2 is 1.90 bits per heavy atom. The van der Waals surface area contributed by atoms with E-state index in [0.717, 1.165) is 6.07 Å². The van der Waals surface area contributed by atoms with Crippen molar-refractivity contribution in [3.63, 3.8) is 0 Å². The maximum atomic E-state index is 13.9. The van der Waals surface area contributed by atoms with Crippen molar-refractivity contribution >= 4 is 22.6 Å². The SMILES string of the molecule is O=C(N[C@@H](CO)C(=O)O)c1c(F)ccc2ccccc12. The fourth-order valence-corrected chi connectivity index (χ4v) is 1.89. The second-order valence-corrected chi connectivity index (χ2v) is 4.19. The summed E-state index contributed by atoms with van der Waals surface area (Å²) in [4.78, 5) is 22.8. The zero-order valence-electron chi connectivity index (χ0n) is 10.3. The standard InChI is InChI=1S/C14H12FNO4/c15-10-6-5-8-3-1-2-4-9(8)12(10)13(18)16-11(7-17)14(19)20/h1-6,11,17H,7H2,(H,16,18)(H,19,20)/t11-/m0/s1. The molecule has 0 aliphatic heterocycles. The van der Waals surface area contributed by atoms with Gasteiger partial charge in [0.1, 0.15) is 5.82 Å². The van der Waals surface area contributed by atoms with Gasteiger partial charge in [0.2, 0.25) is 0 Å². The summed E-state index contributed by atoms with van der Waals surface area (Å²) in [5.74, 6) is -3.01. The monoisotopic (exact) mass is 277 g/mol. The average Bonchev–Trinajstić information content (AvgIpc) is 2.44. The summed E-state index contributed by atoms with van der Waals surface area (Å²) in [6.45, 7) is -0.770. The van der Waals surface area contributed by atoms with Crippen LogP contribution >= 0.6 is 0 Å². The van der Waals surface area contributed by atoms with Gasteiger partial charge in [-0.15, -0.1) is 0 Å². The number of benzene rings is 2. The van der Waals surface area contributed by atoms with Gasteiger partial charge in [-0.25, -0.2) is 9.18 Å². The third-order valence-electron chi connectivity index (χ3n) is 2.89. The third-order valence-corrected chi connectivity index (χ3v) is 2.89. The number of aliphatic hydroxyl groups excluding tert-OH is 1. The van der Waals surface area contributed by atoms with Gasteiger partial charge in [-0.1, -0.05) is 30.3 Å². The summed E-state index contributed by atoms with van der Waals surface area (Å²) in [6, 6.07) is 7.89. The highest BCUT2D eigenvalue weighted by Crippen LogP contribution is 2.21. The predicted molar refractivity (Wildman–Crippen MR) is 69.9 cm³/mol. The van der Waals surface area contributed by atoms with Crippen molar-refractivity contribution in [2.45, 2.75) is 6.04 Å². The summed E-state index contributed by atoms with van der Waals surface area (Å²) >= 11 is 0. The van der Waals surface area contributed by atoms with Gasteiger partial charge in [0.15, 0.2) is 6.04 Å². The number of rotatable bonds is 4. The Bertz CT molecular complexity index is 671. The molecule has 0 saturated carbocycles. The fourth-order valence-electron chi connectivity index (χ4n) is 1.89. The number of carbonyl (C=O) groups is 2. The van der Waals surface area contributed by atoms with Crippen LogP contribution in [0.25, 0.3) is 10.8 Å². The van der Waals surface area contributed by atoms with Crippen molar-refractivity contribution in [2.24, 2.45) is 0 Å². The van der Waals surface area contributed by atoms with E-state index in [4.69, 9.17) is 10.2 Å². The molecule has 6 heteroatoms. The summed E-state index contributed by atoms with van der Waals surface area (Å²) in [6.07, 6.45) is 0. The Morgan fingerprint density at radius 3 is 2.55 bits per heavy atom. The number of carboxylic acids is 1. The molecule has 0 heterocycles. The molecule has 20 heavy (non-hydrogen) atoms. The summed E-state index contributed by atoms with van der Waals surface area (Å²) in [5, 5.41) is 20.8. The summed E-state index contributed by atoms with van der Waals surface area (Å²) in [5.41, 5.74) is -0.234. The van der Waals surface area contributed by atoms with Crippen LogP contribution in [0.15, 0.2) is 36.4 Å². The molecule has 2 aromatic rings. The summed E-state index contributed by atoms with van der Waals surface area (Å²) in [7, 11) is 0. The van der Waals surface area contributed by atoms with Gasteiger partial charge >= 0.3 is 5.97 Å². The first-order valence-corrected chi connectivity index (χ1v) is 5.86. The van der Waals surface area contributed by atoms with E-state index in [1.54, 1.807) is 24.3 Å². The van der Waals surface area contributed by atoms with Crippen molar-refractivity contribution in [3.05, 3.63) is 47.8 Å². The number of halogens is 1. The van der Waals surface area contributed by atoms with Crippen LogP contribution in [0.2, 0.25) is 0 Å². The van der Waals surface area contributed by atoms with Gasteiger partial charge < -0.3 is 15.5 Å². The molecule has 2 rings (SSSR count). The zero-order chi connectivity index (χ0) is 14.7. The van der Waals surface area contributed by atoms with Crippen LogP contribution in [-0.4, -0.2) is 34.7 Å². The molecule has 3 N–H and O–H groups in total. The molecule has 5 nitrogen and oxygen atoms in total. The molecular formula is C14H12FNO4. The lowest BCUT2D eigenvalue weighted by Crippen LogP contribution is -2.43. The first-order chi connectivity index (χ1) is 9.54. The number of hydrogen-bond acceptors (Lipinski definition) is 3. The van der Waals surface area contributed by atoms with Crippen molar-refractivity contribution in [3.8, 4) is 0 Å². The van der Waals surface area contributed by atoms with E-state index in [0.29, 0.717) is 10.8 Å². The van der Waals surface area contributed by atoms with Crippen molar-refractivity contribution in [1.82, 2.24) is 5.32 Å². The van der Waals surface area contributed by atoms with Crippen LogP contribution in [0.5, 0.6) is 0 Å². The lowest BCUT2D eigenvalue weighted by atomic mass is 10.0. The van der Waals surface area contributed by atoms with E-state index >= 15 is 0 Å². The quantitative estimate of drug-likeness (QED) is 0.782. The molecule has 0 bridgehead atoms. The van der Waals surface area contributed by atoms with Crippen LogP contribution < -0.4 is 5.32 Å². The van der Waals surface area contributed by atoms with Crippen LogP contribution in [0.3, 0.4) is 0 Å². The minimum absolute atomic E-state index is 0.234. The number of carboxylic acid groups (broad SMARTS) is 1. The number of nitrogens with one attached hydrogen (secondary N) is 1. The molecule has 1 atom stereocenters. The molecular weight excluding hydrogens is 265 g/mol. The van der Waals surface area contributed by atoms with Gasteiger partial charge in [0, 0.05) is 0 Å². The van der Waals surface area contributed by atoms with Crippen LogP contribution in [0.1, 0.15) is 10.4 Å². The van der Waals surface area contributed by atoms with Crippen molar-refractivity contribution in [2.75, 3.05) is 6.61 Å². The summed E-state index contributed by atoms with van der Waals surface area (Å²) < 4.78 is 13.9. The first-order valence-electron chi connectivity index (χ1n) is 5.86. The van der Waals surface area contributed by atoms with Gasteiger partial charge in [-0.3, -0.25) is 4.79 Å². The maximum Gasteiger partial charge on any atom is 0.328 e. The van der Waals surface area contributed by atoms with Crippen LogP contribution in [0.4, 0.5) is 4.39 Å². The number of aliphatic hydroxyl groups is 1. The van der Waals surface area contributed by atoms with Gasteiger partial charge in [0.25, 0.3) is 5.91 Å². The molecule has 0 aliphatic rings.